The summed E-state index contributed by atoms with van der Waals surface area (Å²) in [7, 11) is -2.74. The zero-order valence-corrected chi connectivity index (χ0v) is 13.9. The van der Waals surface area contributed by atoms with Gasteiger partial charge in [0.05, 0.1) is 22.6 Å². The van der Waals surface area contributed by atoms with E-state index < -0.39 is 22.1 Å². The number of halogens is 3. The van der Waals surface area contributed by atoms with Gasteiger partial charge in [-0.3, -0.25) is 4.79 Å². The molecule has 0 amide bonds. The van der Waals surface area contributed by atoms with Crippen LogP contribution < -0.4 is 4.72 Å². The molecule has 0 fully saturated rings. The normalized spacial score (nSPS) is 13.1. The van der Waals surface area contributed by atoms with Crippen LogP contribution in [0, 0.1) is 0 Å². The second-order valence-corrected chi connectivity index (χ2v) is 6.96. The van der Waals surface area contributed by atoms with E-state index in [0.29, 0.717) is 0 Å². The number of rotatable bonds is 7. The molecular weight excluding hydrogens is 365 g/mol. The first-order valence-corrected chi connectivity index (χ1v) is 8.18. The molecule has 0 aliphatic carbocycles. The minimum absolute atomic E-state index is 0.132. The number of methoxy groups -OCH3 is 1. The summed E-state index contributed by atoms with van der Waals surface area (Å²) in [5.74, 6) is -1.11. The largest absolute Gasteiger partial charge is 0.481 e. The predicted molar refractivity (Wildman–Crippen MR) is 79.7 cm³/mol. The molecule has 118 valence electrons. The summed E-state index contributed by atoms with van der Waals surface area (Å²) in [6.45, 7) is -0.236. The SMILES string of the molecule is COC(CNS(=O)(=O)c1c(Cl)cc(Cl)cc1Cl)CC(=O)O. The maximum atomic E-state index is 12.2. The van der Waals surface area contributed by atoms with Gasteiger partial charge in [-0.1, -0.05) is 34.8 Å². The first kappa shape index (κ1) is 18.5. The minimum atomic E-state index is -4.02. The first-order valence-electron chi connectivity index (χ1n) is 5.56. The predicted octanol–water partition coefficient (Wildman–Crippen LogP) is 2.41. The summed E-state index contributed by atoms with van der Waals surface area (Å²) in [5, 5.41) is 8.60. The molecule has 0 aromatic heterocycles. The number of hydrogen-bond acceptors (Lipinski definition) is 4. The van der Waals surface area contributed by atoms with Gasteiger partial charge in [0.25, 0.3) is 0 Å². The van der Waals surface area contributed by atoms with Crippen molar-refractivity contribution < 1.29 is 23.1 Å². The smallest absolute Gasteiger partial charge is 0.306 e. The minimum Gasteiger partial charge on any atom is -0.481 e. The van der Waals surface area contributed by atoms with E-state index in [1.54, 1.807) is 0 Å². The molecule has 0 spiro atoms. The molecule has 10 heteroatoms. The molecule has 0 saturated carbocycles. The van der Waals surface area contributed by atoms with Crippen LogP contribution in [0.4, 0.5) is 0 Å². The molecule has 21 heavy (non-hydrogen) atoms. The van der Waals surface area contributed by atoms with Crippen molar-refractivity contribution in [3.8, 4) is 0 Å². The lowest BCUT2D eigenvalue weighted by Crippen LogP contribution is -2.34. The van der Waals surface area contributed by atoms with Crippen molar-refractivity contribution in [1.82, 2.24) is 4.72 Å². The van der Waals surface area contributed by atoms with E-state index in [1.165, 1.54) is 19.2 Å². The molecule has 0 aliphatic heterocycles. The Kier molecular flexibility index (Phi) is 6.71. The molecular formula is C11H12Cl3NO5S. The van der Waals surface area contributed by atoms with Gasteiger partial charge < -0.3 is 9.84 Å². The van der Waals surface area contributed by atoms with E-state index in [9.17, 15) is 13.2 Å². The van der Waals surface area contributed by atoms with Crippen molar-refractivity contribution in [3.63, 3.8) is 0 Å². The van der Waals surface area contributed by atoms with Crippen molar-refractivity contribution in [3.05, 3.63) is 27.2 Å². The van der Waals surface area contributed by atoms with Crippen LogP contribution >= 0.6 is 34.8 Å². The topological polar surface area (TPSA) is 92.7 Å². The lowest BCUT2D eigenvalue weighted by Gasteiger charge is -2.15. The van der Waals surface area contributed by atoms with Gasteiger partial charge in [-0.05, 0) is 12.1 Å². The van der Waals surface area contributed by atoms with Crippen molar-refractivity contribution in [2.45, 2.75) is 17.4 Å². The monoisotopic (exact) mass is 375 g/mol. The van der Waals surface area contributed by atoms with Crippen molar-refractivity contribution in [2.75, 3.05) is 13.7 Å². The zero-order valence-electron chi connectivity index (χ0n) is 10.8. The van der Waals surface area contributed by atoms with Gasteiger partial charge in [0, 0.05) is 18.7 Å². The number of sulfonamides is 1. The van der Waals surface area contributed by atoms with E-state index >= 15 is 0 Å². The van der Waals surface area contributed by atoms with Crippen molar-refractivity contribution in [1.29, 1.82) is 0 Å². The van der Waals surface area contributed by atoms with Crippen molar-refractivity contribution in [2.24, 2.45) is 0 Å². The molecule has 0 aliphatic rings. The van der Waals surface area contributed by atoms with Gasteiger partial charge in [-0.2, -0.15) is 0 Å². The summed E-state index contributed by atoms with van der Waals surface area (Å²) in [6, 6.07) is 2.49. The number of hydrogen-bond donors (Lipinski definition) is 2. The van der Waals surface area contributed by atoms with Crippen LogP contribution in [0.3, 0.4) is 0 Å². The Morgan fingerprint density at radius 2 is 1.86 bits per heavy atom. The summed E-state index contributed by atoms with van der Waals surface area (Å²) >= 11 is 17.4. The van der Waals surface area contributed by atoms with E-state index in [4.69, 9.17) is 44.6 Å². The number of carboxylic acid groups (broad SMARTS) is 1. The molecule has 0 heterocycles. The van der Waals surface area contributed by atoms with Crippen molar-refractivity contribution >= 4 is 50.8 Å². The van der Waals surface area contributed by atoms with E-state index in [0.717, 1.165) is 0 Å². The molecule has 6 nitrogen and oxygen atoms in total. The Hall–Kier alpha value is -0.570. The molecule has 0 saturated heterocycles. The maximum absolute atomic E-state index is 12.2. The standard InChI is InChI=1S/C11H12Cl3NO5S/c1-20-7(4-10(16)17)5-15-21(18,19)11-8(13)2-6(12)3-9(11)14/h2-3,7,15H,4-5H2,1H3,(H,16,17). The Morgan fingerprint density at radius 1 is 1.33 bits per heavy atom. The second kappa shape index (κ2) is 7.62. The highest BCUT2D eigenvalue weighted by molar-refractivity contribution is 7.89. The Bertz CT molecular complexity index is 612. The van der Waals surface area contributed by atoms with Crippen LogP contribution in [-0.4, -0.2) is 39.3 Å². The second-order valence-electron chi connectivity index (χ2n) is 4.01. The third-order valence-electron chi connectivity index (χ3n) is 2.47. The van der Waals surface area contributed by atoms with E-state index in [2.05, 4.69) is 4.72 Å². The third kappa shape index (κ3) is 5.28. The average molecular weight is 377 g/mol. The number of aliphatic carboxylic acids is 1. The average Bonchev–Trinajstić information content (AvgIpc) is 2.32. The number of carbonyl (C=O) groups is 1. The van der Waals surface area contributed by atoms with Crippen LogP contribution in [0.1, 0.15) is 6.42 Å². The Labute approximate surface area is 137 Å². The molecule has 0 bridgehead atoms. The summed E-state index contributed by atoms with van der Waals surface area (Å²) in [6.07, 6.45) is -1.16. The number of ether oxygens (including phenoxy) is 1. The highest BCUT2D eigenvalue weighted by atomic mass is 35.5. The molecule has 1 unspecified atom stereocenters. The van der Waals surface area contributed by atoms with Crippen LogP contribution in [-0.2, 0) is 19.6 Å². The molecule has 1 aromatic rings. The van der Waals surface area contributed by atoms with Gasteiger partial charge in [0.15, 0.2) is 0 Å². The molecule has 1 aromatic carbocycles. The van der Waals surface area contributed by atoms with Gasteiger partial charge in [0.1, 0.15) is 4.90 Å². The van der Waals surface area contributed by atoms with Gasteiger partial charge >= 0.3 is 5.97 Å². The fraction of sp³-hybridized carbons (Fsp3) is 0.364. The van der Waals surface area contributed by atoms with Crippen LogP contribution in [0.15, 0.2) is 17.0 Å². The number of benzene rings is 1. The van der Waals surface area contributed by atoms with Gasteiger partial charge in [-0.25, -0.2) is 13.1 Å². The van der Waals surface area contributed by atoms with Crippen LogP contribution in [0.25, 0.3) is 0 Å². The van der Waals surface area contributed by atoms with Crippen LogP contribution in [0.5, 0.6) is 0 Å². The Morgan fingerprint density at radius 3 is 2.29 bits per heavy atom. The van der Waals surface area contributed by atoms with E-state index in [1.807, 2.05) is 0 Å². The summed E-state index contributed by atoms with van der Waals surface area (Å²) in [4.78, 5) is 10.3. The third-order valence-corrected chi connectivity index (χ3v) is 5.03. The zero-order chi connectivity index (χ0) is 16.2. The van der Waals surface area contributed by atoms with E-state index in [-0.39, 0.29) is 32.9 Å². The van der Waals surface area contributed by atoms with Gasteiger partial charge in [0.2, 0.25) is 10.0 Å². The maximum Gasteiger partial charge on any atom is 0.306 e. The number of carboxylic acids is 1. The highest BCUT2D eigenvalue weighted by Crippen LogP contribution is 2.32. The quantitative estimate of drug-likeness (QED) is 0.762. The fourth-order valence-electron chi connectivity index (χ4n) is 1.49. The fourth-order valence-corrected chi connectivity index (χ4v) is 4.10. The molecule has 1 atom stereocenters. The lowest BCUT2D eigenvalue weighted by molar-refractivity contribution is -0.139. The molecule has 2 N–H and O–H groups in total. The van der Waals surface area contributed by atoms with Gasteiger partial charge in [-0.15, -0.1) is 0 Å². The first-order chi connectivity index (χ1) is 9.67. The molecule has 1 rings (SSSR count). The van der Waals surface area contributed by atoms with Crippen LogP contribution in [0.2, 0.25) is 15.1 Å². The highest BCUT2D eigenvalue weighted by Gasteiger charge is 2.24. The summed E-state index contributed by atoms with van der Waals surface area (Å²) < 4.78 is 31.4. The molecule has 0 radical (unpaired) electrons. The number of nitrogens with one attached hydrogen (secondary N) is 1. The summed E-state index contributed by atoms with van der Waals surface area (Å²) in [5.41, 5.74) is 0. The lowest BCUT2D eigenvalue weighted by atomic mass is 10.2. The Balaban J connectivity index is 2.95.